The van der Waals surface area contributed by atoms with Crippen molar-refractivity contribution < 1.29 is 9.53 Å². The van der Waals surface area contributed by atoms with Crippen LogP contribution in [0.2, 0.25) is 0 Å². The molecule has 5 nitrogen and oxygen atoms in total. The zero-order valence-electron chi connectivity index (χ0n) is 11.8. The number of benzene rings is 1. The fraction of sp³-hybridized carbons (Fsp3) is 0.200. The van der Waals surface area contributed by atoms with E-state index < -0.39 is 0 Å². The van der Waals surface area contributed by atoms with Crippen molar-refractivity contribution in [3.8, 4) is 5.75 Å². The minimum Gasteiger partial charge on any atom is -0.496 e. The number of methoxy groups -OCH3 is 1. The van der Waals surface area contributed by atoms with Gasteiger partial charge >= 0.3 is 0 Å². The topological polar surface area (TPSA) is 68.5 Å². The molecule has 0 aliphatic rings. The third-order valence-corrected chi connectivity index (χ3v) is 3.53. The van der Waals surface area contributed by atoms with Gasteiger partial charge in [0.1, 0.15) is 5.75 Å². The summed E-state index contributed by atoms with van der Waals surface area (Å²) in [6.45, 7) is 0.400. The lowest BCUT2D eigenvalue weighted by molar-refractivity contribution is 0.0779. The SMILES string of the molecule is COc1ccc(Br)cc1CN(C)C(=O)c1ncccc1N. The molecule has 1 amide bonds. The highest BCUT2D eigenvalue weighted by molar-refractivity contribution is 9.10. The molecule has 2 rings (SSSR count). The number of hydrogen-bond donors (Lipinski definition) is 1. The van der Waals surface area contributed by atoms with Crippen LogP contribution in [0.3, 0.4) is 0 Å². The number of nitrogen functional groups attached to an aromatic ring is 1. The Morgan fingerprint density at radius 1 is 1.43 bits per heavy atom. The minimum absolute atomic E-state index is 0.227. The summed E-state index contributed by atoms with van der Waals surface area (Å²) in [5.74, 6) is 0.502. The van der Waals surface area contributed by atoms with E-state index in [9.17, 15) is 4.79 Å². The van der Waals surface area contributed by atoms with Gasteiger partial charge in [0.2, 0.25) is 0 Å². The van der Waals surface area contributed by atoms with Crippen LogP contribution in [0.1, 0.15) is 16.1 Å². The Morgan fingerprint density at radius 2 is 2.19 bits per heavy atom. The van der Waals surface area contributed by atoms with Crippen molar-refractivity contribution in [3.05, 3.63) is 52.3 Å². The molecule has 0 saturated heterocycles. The average Bonchev–Trinajstić information content (AvgIpc) is 2.47. The Morgan fingerprint density at radius 3 is 2.86 bits per heavy atom. The van der Waals surface area contributed by atoms with E-state index >= 15 is 0 Å². The van der Waals surface area contributed by atoms with Gasteiger partial charge in [0.15, 0.2) is 5.69 Å². The highest BCUT2D eigenvalue weighted by Gasteiger charge is 2.17. The molecule has 0 aliphatic carbocycles. The van der Waals surface area contributed by atoms with Crippen LogP contribution in [0.25, 0.3) is 0 Å². The van der Waals surface area contributed by atoms with Crippen LogP contribution in [0.4, 0.5) is 5.69 Å². The smallest absolute Gasteiger partial charge is 0.274 e. The second-order valence-electron chi connectivity index (χ2n) is 4.56. The van der Waals surface area contributed by atoms with Gasteiger partial charge in [-0.2, -0.15) is 0 Å². The number of anilines is 1. The van der Waals surface area contributed by atoms with Crippen molar-refractivity contribution in [1.82, 2.24) is 9.88 Å². The Hall–Kier alpha value is -2.08. The monoisotopic (exact) mass is 349 g/mol. The Kier molecular flexibility index (Phi) is 4.80. The van der Waals surface area contributed by atoms with E-state index in [1.165, 1.54) is 0 Å². The second kappa shape index (κ2) is 6.58. The van der Waals surface area contributed by atoms with E-state index in [2.05, 4.69) is 20.9 Å². The lowest BCUT2D eigenvalue weighted by atomic mass is 10.2. The van der Waals surface area contributed by atoms with Gasteiger partial charge in [-0.1, -0.05) is 15.9 Å². The van der Waals surface area contributed by atoms with Gasteiger partial charge in [0, 0.05) is 29.8 Å². The molecular weight excluding hydrogens is 334 g/mol. The molecule has 0 saturated carbocycles. The summed E-state index contributed by atoms with van der Waals surface area (Å²) in [5, 5.41) is 0. The van der Waals surface area contributed by atoms with Crippen molar-refractivity contribution in [2.75, 3.05) is 19.9 Å². The van der Waals surface area contributed by atoms with Crippen molar-refractivity contribution in [1.29, 1.82) is 0 Å². The maximum atomic E-state index is 12.4. The van der Waals surface area contributed by atoms with Gasteiger partial charge in [-0.15, -0.1) is 0 Å². The molecule has 2 aromatic rings. The third kappa shape index (κ3) is 3.52. The molecule has 1 aromatic heterocycles. The van der Waals surface area contributed by atoms with E-state index in [0.717, 1.165) is 15.8 Å². The summed E-state index contributed by atoms with van der Waals surface area (Å²) in [5.41, 5.74) is 7.32. The standard InChI is InChI=1S/C15H16BrN3O2/c1-19(15(20)14-12(17)4-3-7-18-14)9-10-8-11(16)5-6-13(10)21-2/h3-8H,9,17H2,1-2H3. The Labute approximate surface area is 131 Å². The van der Waals surface area contributed by atoms with Crippen molar-refractivity contribution in [2.45, 2.75) is 6.54 Å². The predicted molar refractivity (Wildman–Crippen MR) is 85.1 cm³/mol. The molecule has 2 N–H and O–H groups in total. The minimum atomic E-state index is -0.227. The second-order valence-corrected chi connectivity index (χ2v) is 5.47. The first-order valence-electron chi connectivity index (χ1n) is 6.31. The maximum Gasteiger partial charge on any atom is 0.274 e. The highest BCUT2D eigenvalue weighted by atomic mass is 79.9. The number of ether oxygens (including phenoxy) is 1. The number of aromatic nitrogens is 1. The molecule has 21 heavy (non-hydrogen) atoms. The first-order valence-corrected chi connectivity index (χ1v) is 7.10. The molecule has 0 radical (unpaired) electrons. The van der Waals surface area contributed by atoms with Gasteiger partial charge in [-0.05, 0) is 30.3 Å². The van der Waals surface area contributed by atoms with E-state index in [1.54, 1.807) is 37.4 Å². The van der Waals surface area contributed by atoms with Crippen molar-refractivity contribution in [3.63, 3.8) is 0 Å². The summed E-state index contributed by atoms with van der Waals surface area (Å²) >= 11 is 3.42. The third-order valence-electron chi connectivity index (χ3n) is 3.04. The maximum absolute atomic E-state index is 12.4. The lowest BCUT2D eigenvalue weighted by Crippen LogP contribution is -2.28. The average molecular weight is 350 g/mol. The summed E-state index contributed by atoms with van der Waals surface area (Å²) in [7, 11) is 3.31. The van der Waals surface area contributed by atoms with Crippen LogP contribution in [0.15, 0.2) is 41.0 Å². The molecule has 110 valence electrons. The summed E-state index contributed by atoms with van der Waals surface area (Å²) in [4.78, 5) is 18.0. The Balaban J connectivity index is 2.22. The number of nitrogens with zero attached hydrogens (tertiary/aromatic N) is 2. The number of nitrogens with two attached hydrogens (primary N) is 1. The van der Waals surface area contributed by atoms with Crippen molar-refractivity contribution >= 4 is 27.5 Å². The summed E-state index contributed by atoms with van der Waals surface area (Å²) < 4.78 is 6.24. The molecule has 0 atom stereocenters. The molecule has 1 heterocycles. The number of halogens is 1. The van der Waals surface area contributed by atoms with Gasteiger partial charge in [-0.3, -0.25) is 4.79 Å². The predicted octanol–water partition coefficient (Wildman–Crippen LogP) is 2.71. The van der Waals surface area contributed by atoms with E-state index in [0.29, 0.717) is 12.2 Å². The van der Waals surface area contributed by atoms with Crippen LogP contribution in [-0.2, 0) is 6.54 Å². The molecule has 0 fully saturated rings. The van der Waals surface area contributed by atoms with Crippen LogP contribution >= 0.6 is 15.9 Å². The van der Waals surface area contributed by atoms with E-state index in [4.69, 9.17) is 10.5 Å². The highest BCUT2D eigenvalue weighted by Crippen LogP contribution is 2.24. The summed E-state index contributed by atoms with van der Waals surface area (Å²) in [6.07, 6.45) is 1.55. The Bertz CT molecular complexity index is 661. The zero-order chi connectivity index (χ0) is 15.4. The van der Waals surface area contributed by atoms with Crippen LogP contribution in [0.5, 0.6) is 5.75 Å². The molecule has 0 aliphatic heterocycles. The van der Waals surface area contributed by atoms with E-state index in [-0.39, 0.29) is 11.6 Å². The fourth-order valence-electron chi connectivity index (χ4n) is 1.98. The number of carbonyl (C=O) groups excluding carboxylic acids is 1. The fourth-order valence-corrected chi connectivity index (χ4v) is 2.38. The van der Waals surface area contributed by atoms with Gasteiger partial charge in [0.05, 0.1) is 12.8 Å². The van der Waals surface area contributed by atoms with Gasteiger partial charge in [0.25, 0.3) is 5.91 Å². The number of pyridine rings is 1. The number of carbonyl (C=O) groups is 1. The largest absolute Gasteiger partial charge is 0.496 e. The number of hydrogen-bond acceptors (Lipinski definition) is 4. The van der Waals surface area contributed by atoms with Crippen LogP contribution in [-0.4, -0.2) is 29.9 Å². The van der Waals surface area contributed by atoms with Crippen molar-refractivity contribution in [2.24, 2.45) is 0 Å². The van der Waals surface area contributed by atoms with E-state index in [1.807, 2.05) is 18.2 Å². The first kappa shape index (κ1) is 15.3. The molecule has 6 heteroatoms. The zero-order valence-corrected chi connectivity index (χ0v) is 13.4. The molecular formula is C15H16BrN3O2. The van der Waals surface area contributed by atoms with Gasteiger partial charge in [-0.25, -0.2) is 4.98 Å². The lowest BCUT2D eigenvalue weighted by Gasteiger charge is -2.19. The van der Waals surface area contributed by atoms with Crippen LogP contribution < -0.4 is 10.5 Å². The number of amides is 1. The van der Waals surface area contributed by atoms with Gasteiger partial charge < -0.3 is 15.4 Å². The molecule has 0 unspecified atom stereocenters. The quantitative estimate of drug-likeness (QED) is 0.921. The molecule has 0 spiro atoms. The molecule has 1 aromatic carbocycles. The molecule has 0 bridgehead atoms. The number of rotatable bonds is 4. The first-order chi connectivity index (χ1) is 10.0. The summed E-state index contributed by atoms with van der Waals surface area (Å²) in [6, 6.07) is 9.02. The van der Waals surface area contributed by atoms with Crippen LogP contribution in [0, 0.1) is 0 Å². The normalized spacial score (nSPS) is 10.2.